The first-order valence-corrected chi connectivity index (χ1v) is 2.20. The molecule has 1 unspecified atom stereocenters. The van der Waals surface area contributed by atoms with Gasteiger partial charge in [-0.1, -0.05) is 0 Å². The first kappa shape index (κ1) is 4.59. The summed E-state index contributed by atoms with van der Waals surface area (Å²) in [5, 5.41) is 0. The van der Waals surface area contributed by atoms with E-state index in [1.807, 2.05) is 0 Å². The van der Waals surface area contributed by atoms with Crippen LogP contribution in [0.25, 0.3) is 0 Å². The van der Waals surface area contributed by atoms with E-state index >= 15 is 0 Å². The van der Waals surface area contributed by atoms with Gasteiger partial charge in [0.15, 0.2) is 0 Å². The summed E-state index contributed by atoms with van der Waals surface area (Å²) in [7, 11) is 0. The van der Waals surface area contributed by atoms with Crippen molar-refractivity contribution in [2.24, 2.45) is 10.7 Å². The molecule has 3 nitrogen and oxygen atoms in total. The molecule has 2 N–H and O–H groups in total. The Morgan fingerprint density at radius 2 is 2.86 bits per heavy atom. The zero-order valence-electron chi connectivity index (χ0n) is 3.92. The number of nitrogens with zero attached hydrogens (tertiary/aromatic N) is 1. The quantitative estimate of drug-likeness (QED) is 0.470. The molecular weight excluding hydrogens is 92.1 g/mol. The lowest BCUT2D eigenvalue weighted by Crippen LogP contribution is -2.21. The van der Waals surface area contributed by atoms with Gasteiger partial charge in [-0.15, -0.1) is 0 Å². The summed E-state index contributed by atoms with van der Waals surface area (Å²) in [4.78, 5) is 3.68. The molecule has 7 heavy (non-hydrogen) atoms. The van der Waals surface area contributed by atoms with Gasteiger partial charge in [0.2, 0.25) is 0 Å². The highest BCUT2D eigenvalue weighted by Gasteiger charge is 2.08. The molecule has 39 valence electrons. The van der Waals surface area contributed by atoms with E-state index in [-0.39, 0.29) is 6.10 Å². The standard InChI is InChI=1S/C4H7N2O/c5-1-4-2-6-3-7-4/h4H,1-2,5H2. The maximum absolute atomic E-state index is 5.21. The van der Waals surface area contributed by atoms with Gasteiger partial charge in [-0.2, -0.15) is 0 Å². The molecule has 0 fully saturated rings. The molecule has 0 aliphatic carbocycles. The van der Waals surface area contributed by atoms with Gasteiger partial charge in [0, 0.05) is 6.54 Å². The number of nitrogens with two attached hydrogens (primary N) is 1. The van der Waals surface area contributed by atoms with Crippen LogP contribution in [0.2, 0.25) is 0 Å². The average molecular weight is 99.1 g/mol. The van der Waals surface area contributed by atoms with Crippen LogP contribution in [-0.2, 0) is 4.74 Å². The fourth-order valence-electron chi connectivity index (χ4n) is 0.411. The fraction of sp³-hybridized carbons (Fsp3) is 0.750. The van der Waals surface area contributed by atoms with Crippen molar-refractivity contribution < 1.29 is 4.74 Å². The highest BCUT2D eigenvalue weighted by molar-refractivity contribution is 5.48. The highest BCUT2D eigenvalue weighted by Crippen LogP contribution is 1.93. The Balaban J connectivity index is 2.22. The van der Waals surface area contributed by atoms with E-state index in [4.69, 9.17) is 10.5 Å². The predicted octanol–water partition coefficient (Wildman–Crippen LogP) is -0.751. The van der Waals surface area contributed by atoms with Crippen LogP contribution in [0, 0.1) is 0 Å². The second-order valence-electron chi connectivity index (χ2n) is 1.41. The molecule has 3 heteroatoms. The summed E-state index contributed by atoms with van der Waals surface area (Å²) in [5.41, 5.74) is 5.21. The van der Waals surface area contributed by atoms with Gasteiger partial charge in [0.1, 0.15) is 6.10 Å². The van der Waals surface area contributed by atoms with Gasteiger partial charge in [-0.25, -0.2) is 4.99 Å². The highest BCUT2D eigenvalue weighted by atomic mass is 16.5. The summed E-state index contributed by atoms with van der Waals surface area (Å²) in [5.74, 6) is 0. The van der Waals surface area contributed by atoms with Gasteiger partial charge in [-0.05, 0) is 0 Å². The lowest BCUT2D eigenvalue weighted by Gasteiger charge is -2.00. The molecule has 0 aromatic rings. The Morgan fingerprint density at radius 1 is 2.00 bits per heavy atom. The summed E-state index contributed by atoms with van der Waals surface area (Å²) in [6.07, 6.45) is 2.47. The second-order valence-corrected chi connectivity index (χ2v) is 1.41. The molecule has 1 heterocycles. The molecular formula is C4H7N2O. The first-order valence-electron chi connectivity index (χ1n) is 2.20. The molecule has 0 saturated carbocycles. The summed E-state index contributed by atoms with van der Waals surface area (Å²) < 4.78 is 4.76. The minimum Gasteiger partial charge on any atom is -0.467 e. The second kappa shape index (κ2) is 1.93. The third-order valence-corrected chi connectivity index (χ3v) is 0.842. The Hall–Kier alpha value is -0.570. The molecule has 0 bridgehead atoms. The molecule has 0 aromatic carbocycles. The smallest absolute Gasteiger partial charge is 0.273 e. The Bertz CT molecular complexity index is 73.8. The largest absolute Gasteiger partial charge is 0.467 e. The average Bonchev–Trinajstić information content (AvgIpc) is 2.14. The fourth-order valence-corrected chi connectivity index (χ4v) is 0.411. The molecule has 0 amide bonds. The summed E-state index contributed by atoms with van der Waals surface area (Å²) in [6.45, 7) is 1.22. The van der Waals surface area contributed by atoms with Crippen LogP contribution < -0.4 is 5.73 Å². The molecule has 1 radical (unpaired) electrons. The van der Waals surface area contributed by atoms with Crippen molar-refractivity contribution in [3.8, 4) is 0 Å². The Morgan fingerprint density at radius 3 is 3.14 bits per heavy atom. The Kier molecular flexibility index (Phi) is 1.26. The van der Waals surface area contributed by atoms with Crippen LogP contribution >= 0.6 is 0 Å². The van der Waals surface area contributed by atoms with Crippen LogP contribution in [0.4, 0.5) is 0 Å². The van der Waals surface area contributed by atoms with Crippen molar-refractivity contribution in [2.75, 3.05) is 13.1 Å². The third kappa shape index (κ3) is 0.899. The van der Waals surface area contributed by atoms with Crippen molar-refractivity contribution in [1.82, 2.24) is 0 Å². The molecule has 0 saturated heterocycles. The zero-order chi connectivity index (χ0) is 5.11. The van der Waals surface area contributed by atoms with Crippen molar-refractivity contribution >= 4 is 6.40 Å². The maximum Gasteiger partial charge on any atom is 0.273 e. The molecule has 1 aliphatic heterocycles. The molecule has 0 aromatic heterocycles. The lowest BCUT2D eigenvalue weighted by molar-refractivity contribution is 0.242. The van der Waals surface area contributed by atoms with E-state index < -0.39 is 0 Å². The minimum absolute atomic E-state index is 0.0972. The van der Waals surface area contributed by atoms with Crippen molar-refractivity contribution in [1.29, 1.82) is 0 Å². The number of ether oxygens (including phenoxy) is 1. The predicted molar refractivity (Wildman–Crippen MR) is 26.2 cm³/mol. The molecule has 1 atom stereocenters. The van der Waals surface area contributed by atoms with Crippen molar-refractivity contribution in [3.63, 3.8) is 0 Å². The SMILES string of the molecule is NCC1CN=[C]O1. The van der Waals surface area contributed by atoms with E-state index in [0.717, 1.165) is 0 Å². The van der Waals surface area contributed by atoms with E-state index in [2.05, 4.69) is 11.4 Å². The normalized spacial score (nSPS) is 27.9. The van der Waals surface area contributed by atoms with Crippen LogP contribution in [-0.4, -0.2) is 25.6 Å². The number of hydrogen-bond donors (Lipinski definition) is 1. The first-order chi connectivity index (χ1) is 3.43. The van der Waals surface area contributed by atoms with E-state index in [1.165, 1.54) is 0 Å². The van der Waals surface area contributed by atoms with Crippen LogP contribution in [0.5, 0.6) is 0 Å². The number of aliphatic imine (C=N–C) groups is 1. The van der Waals surface area contributed by atoms with E-state index in [0.29, 0.717) is 13.1 Å². The molecule has 1 rings (SSSR count). The lowest BCUT2D eigenvalue weighted by atomic mass is 10.4. The van der Waals surface area contributed by atoms with E-state index in [9.17, 15) is 0 Å². The monoisotopic (exact) mass is 99.1 g/mol. The maximum atomic E-state index is 5.21. The minimum atomic E-state index is 0.0972. The Labute approximate surface area is 42.2 Å². The summed E-state index contributed by atoms with van der Waals surface area (Å²) >= 11 is 0. The van der Waals surface area contributed by atoms with Gasteiger partial charge in [0.05, 0.1) is 6.54 Å². The number of hydrogen-bond acceptors (Lipinski definition) is 3. The van der Waals surface area contributed by atoms with Crippen molar-refractivity contribution in [3.05, 3.63) is 0 Å². The summed E-state index contributed by atoms with van der Waals surface area (Å²) in [6, 6.07) is 0. The van der Waals surface area contributed by atoms with E-state index in [1.54, 1.807) is 0 Å². The van der Waals surface area contributed by atoms with Crippen molar-refractivity contribution in [2.45, 2.75) is 6.10 Å². The van der Waals surface area contributed by atoms with Gasteiger partial charge in [0.25, 0.3) is 6.40 Å². The molecule has 0 spiro atoms. The topological polar surface area (TPSA) is 47.6 Å². The zero-order valence-corrected chi connectivity index (χ0v) is 3.92. The van der Waals surface area contributed by atoms with Gasteiger partial charge in [-0.3, -0.25) is 0 Å². The van der Waals surface area contributed by atoms with Gasteiger partial charge >= 0.3 is 0 Å². The third-order valence-electron chi connectivity index (χ3n) is 0.842. The van der Waals surface area contributed by atoms with Crippen LogP contribution in [0.15, 0.2) is 4.99 Å². The molecule has 1 aliphatic rings. The van der Waals surface area contributed by atoms with Gasteiger partial charge < -0.3 is 10.5 Å². The van der Waals surface area contributed by atoms with Crippen LogP contribution in [0.1, 0.15) is 0 Å². The van der Waals surface area contributed by atoms with Crippen LogP contribution in [0.3, 0.4) is 0 Å². The number of rotatable bonds is 1.